The van der Waals surface area contributed by atoms with Gasteiger partial charge in [0.15, 0.2) is 5.78 Å². The quantitative estimate of drug-likeness (QED) is 0.520. The molecule has 2 heterocycles. The van der Waals surface area contributed by atoms with Crippen molar-refractivity contribution in [3.63, 3.8) is 0 Å². The zero-order chi connectivity index (χ0) is 7.42. The van der Waals surface area contributed by atoms with E-state index in [0.29, 0.717) is 17.8 Å². The maximum atomic E-state index is 11.4. The van der Waals surface area contributed by atoms with Crippen molar-refractivity contribution in [1.29, 1.82) is 0 Å². The summed E-state index contributed by atoms with van der Waals surface area (Å²) >= 11 is 0. The van der Waals surface area contributed by atoms with Crippen LogP contribution in [0.4, 0.5) is 0 Å². The van der Waals surface area contributed by atoms with E-state index in [-0.39, 0.29) is 6.10 Å². The average Bonchev–Trinajstić information content (AvgIpc) is 1.98. The smallest absolute Gasteiger partial charge is 0.164 e. The third-order valence-electron chi connectivity index (χ3n) is 3.39. The Hall–Kier alpha value is -0.370. The first-order valence-corrected chi connectivity index (χ1v) is 4.52. The third kappa shape index (κ3) is 0.734. The molecule has 0 N–H and O–H groups in total. The molecule has 0 aromatic heterocycles. The fraction of sp³-hybridized carbons (Fsp3) is 0.889. The van der Waals surface area contributed by atoms with Gasteiger partial charge in [-0.15, -0.1) is 0 Å². The van der Waals surface area contributed by atoms with Crippen molar-refractivity contribution in [3.05, 3.63) is 0 Å². The summed E-state index contributed by atoms with van der Waals surface area (Å²) in [6.45, 7) is 0. The first kappa shape index (κ1) is 6.18. The Balaban J connectivity index is 1.96. The van der Waals surface area contributed by atoms with E-state index < -0.39 is 0 Å². The van der Waals surface area contributed by atoms with E-state index in [2.05, 4.69) is 0 Å². The Morgan fingerprint density at radius 3 is 2.82 bits per heavy atom. The van der Waals surface area contributed by atoms with E-state index in [9.17, 15) is 4.79 Å². The summed E-state index contributed by atoms with van der Waals surface area (Å²) < 4.78 is 5.59. The highest BCUT2D eigenvalue weighted by Crippen LogP contribution is 2.45. The molecule has 2 aliphatic carbocycles. The highest BCUT2D eigenvalue weighted by molar-refractivity contribution is 5.87. The molecular formula is C9H12O2. The first-order valence-electron chi connectivity index (χ1n) is 4.52. The minimum Gasteiger partial charge on any atom is -0.367 e. The molecule has 4 fully saturated rings. The molecule has 0 spiro atoms. The van der Waals surface area contributed by atoms with Crippen LogP contribution in [0.5, 0.6) is 0 Å². The molecule has 11 heavy (non-hydrogen) atoms. The maximum absolute atomic E-state index is 11.4. The van der Waals surface area contributed by atoms with Crippen LogP contribution in [0.3, 0.4) is 0 Å². The largest absolute Gasteiger partial charge is 0.367 e. The van der Waals surface area contributed by atoms with Crippen molar-refractivity contribution >= 4 is 5.78 Å². The Morgan fingerprint density at radius 2 is 2.09 bits per heavy atom. The number of ether oxygens (including phenoxy) is 1. The van der Waals surface area contributed by atoms with Crippen molar-refractivity contribution in [3.8, 4) is 0 Å². The van der Waals surface area contributed by atoms with Gasteiger partial charge in [0.2, 0.25) is 0 Å². The molecule has 2 saturated heterocycles. The molecule has 0 aromatic rings. The lowest BCUT2D eigenvalue weighted by molar-refractivity contribution is -0.176. The Morgan fingerprint density at radius 1 is 1.18 bits per heavy atom. The van der Waals surface area contributed by atoms with Crippen LogP contribution in [0.15, 0.2) is 0 Å². The number of carbonyl (C=O) groups excluding carboxylic acids is 1. The molecular weight excluding hydrogens is 140 g/mol. The maximum Gasteiger partial charge on any atom is 0.164 e. The van der Waals surface area contributed by atoms with Gasteiger partial charge in [-0.3, -0.25) is 4.79 Å². The second-order valence-corrected chi connectivity index (χ2v) is 4.15. The standard InChI is InChI=1S/C9H12O2/c10-9-6-1-5-2-7(4-6)11-8(9)3-5/h5-8H,1-4H2. The van der Waals surface area contributed by atoms with Gasteiger partial charge in [0, 0.05) is 5.92 Å². The zero-order valence-electron chi connectivity index (χ0n) is 6.45. The minimum atomic E-state index is 0.00579. The summed E-state index contributed by atoms with van der Waals surface area (Å²) in [5.74, 6) is 1.60. The molecule has 4 atom stereocenters. The number of hydrogen-bond donors (Lipinski definition) is 0. The molecule has 2 saturated carbocycles. The van der Waals surface area contributed by atoms with E-state index in [4.69, 9.17) is 4.74 Å². The number of hydrogen-bond acceptors (Lipinski definition) is 2. The van der Waals surface area contributed by atoms with Gasteiger partial charge < -0.3 is 4.74 Å². The average molecular weight is 152 g/mol. The van der Waals surface area contributed by atoms with Gasteiger partial charge in [-0.25, -0.2) is 0 Å². The lowest BCUT2D eigenvalue weighted by atomic mass is 9.67. The fourth-order valence-corrected chi connectivity index (χ4v) is 2.95. The Labute approximate surface area is 65.9 Å². The summed E-state index contributed by atoms with van der Waals surface area (Å²) in [5.41, 5.74) is 0. The Bertz CT molecular complexity index is 180. The molecule has 60 valence electrons. The fourth-order valence-electron chi connectivity index (χ4n) is 2.95. The summed E-state index contributed by atoms with van der Waals surface area (Å²) in [6, 6.07) is 0. The van der Waals surface area contributed by atoms with Gasteiger partial charge in [-0.1, -0.05) is 0 Å². The summed E-state index contributed by atoms with van der Waals surface area (Å²) in [7, 11) is 0. The zero-order valence-corrected chi connectivity index (χ0v) is 6.45. The molecule has 0 aromatic carbocycles. The topological polar surface area (TPSA) is 26.3 Å². The van der Waals surface area contributed by atoms with Crippen LogP contribution < -0.4 is 0 Å². The van der Waals surface area contributed by atoms with Crippen LogP contribution in [0.1, 0.15) is 25.7 Å². The van der Waals surface area contributed by atoms with E-state index >= 15 is 0 Å². The molecule has 4 aliphatic rings. The van der Waals surface area contributed by atoms with Gasteiger partial charge in [-0.2, -0.15) is 0 Å². The van der Waals surface area contributed by atoms with Crippen molar-refractivity contribution in [2.75, 3.05) is 0 Å². The van der Waals surface area contributed by atoms with Crippen LogP contribution in [0.2, 0.25) is 0 Å². The SMILES string of the molecule is O=C1C2CC3CC(C2)OC1C3. The summed E-state index contributed by atoms with van der Waals surface area (Å²) in [6.07, 6.45) is 4.87. The van der Waals surface area contributed by atoms with Crippen molar-refractivity contribution in [2.24, 2.45) is 11.8 Å². The second-order valence-electron chi connectivity index (χ2n) is 4.15. The summed E-state index contributed by atoms with van der Waals surface area (Å²) in [4.78, 5) is 11.4. The number of ketones is 1. The van der Waals surface area contributed by atoms with Crippen LogP contribution in [0, 0.1) is 11.8 Å². The predicted molar refractivity (Wildman–Crippen MR) is 39.1 cm³/mol. The molecule has 4 bridgehead atoms. The molecule has 2 aliphatic heterocycles. The Kier molecular flexibility index (Phi) is 1.05. The van der Waals surface area contributed by atoms with Crippen LogP contribution in [-0.4, -0.2) is 18.0 Å². The molecule has 2 nitrogen and oxygen atoms in total. The molecule has 0 radical (unpaired) electrons. The molecule has 4 unspecified atom stereocenters. The molecule has 0 amide bonds. The predicted octanol–water partition coefficient (Wildman–Crippen LogP) is 1.14. The highest BCUT2D eigenvalue weighted by Gasteiger charge is 2.48. The highest BCUT2D eigenvalue weighted by atomic mass is 16.5. The van der Waals surface area contributed by atoms with Crippen LogP contribution in [-0.2, 0) is 9.53 Å². The third-order valence-corrected chi connectivity index (χ3v) is 3.39. The first-order chi connectivity index (χ1) is 5.33. The van der Waals surface area contributed by atoms with Crippen LogP contribution in [0.25, 0.3) is 0 Å². The van der Waals surface area contributed by atoms with E-state index in [1.165, 1.54) is 6.42 Å². The minimum absolute atomic E-state index is 0.00579. The van der Waals surface area contributed by atoms with E-state index in [0.717, 1.165) is 25.2 Å². The van der Waals surface area contributed by atoms with Crippen molar-refractivity contribution in [1.82, 2.24) is 0 Å². The van der Waals surface area contributed by atoms with Gasteiger partial charge in [0.25, 0.3) is 0 Å². The van der Waals surface area contributed by atoms with Gasteiger partial charge in [0.05, 0.1) is 6.10 Å². The normalized spacial score (nSPS) is 53.6. The molecule has 4 rings (SSSR count). The molecule has 2 heteroatoms. The lowest BCUT2D eigenvalue weighted by Gasteiger charge is -2.48. The lowest BCUT2D eigenvalue weighted by Crippen LogP contribution is -2.52. The number of rotatable bonds is 0. The van der Waals surface area contributed by atoms with E-state index in [1.54, 1.807) is 0 Å². The van der Waals surface area contributed by atoms with Crippen molar-refractivity contribution < 1.29 is 9.53 Å². The second kappa shape index (κ2) is 1.86. The number of carbonyl (C=O) groups is 1. The number of Topliss-reactive ketones (excluding diaryl/α,β-unsaturated/α-hetero) is 1. The van der Waals surface area contributed by atoms with Gasteiger partial charge in [-0.05, 0) is 31.6 Å². The van der Waals surface area contributed by atoms with Crippen LogP contribution >= 0.6 is 0 Å². The summed E-state index contributed by atoms with van der Waals surface area (Å²) in [5, 5.41) is 0. The monoisotopic (exact) mass is 152 g/mol. The van der Waals surface area contributed by atoms with Gasteiger partial charge in [0.1, 0.15) is 6.10 Å². The van der Waals surface area contributed by atoms with E-state index in [1.807, 2.05) is 0 Å². The van der Waals surface area contributed by atoms with Crippen molar-refractivity contribution in [2.45, 2.75) is 37.9 Å². The van der Waals surface area contributed by atoms with Gasteiger partial charge >= 0.3 is 0 Å².